The first-order valence-corrected chi connectivity index (χ1v) is 14.4. The Balaban J connectivity index is 2.07. The van der Waals surface area contributed by atoms with Gasteiger partial charge in [-0.15, -0.1) is 0 Å². The quantitative estimate of drug-likeness (QED) is 0.344. The number of carbonyl (C=O) groups excluding carboxylic acids is 3. The van der Waals surface area contributed by atoms with Crippen molar-refractivity contribution in [3.8, 4) is 0 Å². The largest absolute Gasteiger partial charge is 0.450 e. The van der Waals surface area contributed by atoms with Crippen molar-refractivity contribution in [2.45, 2.75) is 109 Å². The Kier molecular flexibility index (Phi) is 12.2. The minimum absolute atomic E-state index is 0.0948. The average Bonchev–Trinajstić information content (AvgIpc) is 3.30. The molecule has 0 radical (unpaired) electrons. The number of hydrogen-bond acceptors (Lipinski definition) is 6. The third-order valence-electron chi connectivity index (χ3n) is 7.02. The number of carbonyl (C=O) groups is 3. The van der Waals surface area contributed by atoms with Gasteiger partial charge in [0.1, 0.15) is 12.1 Å². The lowest BCUT2D eigenvalue weighted by atomic mass is 9.86. The van der Waals surface area contributed by atoms with Gasteiger partial charge < -0.3 is 26.0 Å². The van der Waals surface area contributed by atoms with Crippen molar-refractivity contribution in [3.05, 3.63) is 0 Å². The van der Waals surface area contributed by atoms with Crippen molar-refractivity contribution in [1.82, 2.24) is 15.5 Å². The number of rotatable bonds is 12. The molecule has 0 aromatic carbocycles. The lowest BCUT2D eigenvalue weighted by molar-refractivity contribution is -0.140. The predicted octanol–water partition coefficient (Wildman–Crippen LogP) is 3.67. The van der Waals surface area contributed by atoms with E-state index in [1.54, 1.807) is 16.7 Å². The lowest BCUT2D eigenvalue weighted by Crippen LogP contribution is -2.60. The Morgan fingerprint density at radius 3 is 2.46 bits per heavy atom. The summed E-state index contributed by atoms with van der Waals surface area (Å²) in [7, 11) is 0. The molecule has 1 heterocycles. The fourth-order valence-electron chi connectivity index (χ4n) is 4.69. The van der Waals surface area contributed by atoms with Crippen LogP contribution in [-0.4, -0.2) is 71.1 Å². The zero-order chi connectivity index (χ0) is 26.0. The van der Waals surface area contributed by atoms with Gasteiger partial charge in [-0.3, -0.25) is 9.59 Å². The first kappa shape index (κ1) is 29.7. The summed E-state index contributed by atoms with van der Waals surface area (Å²) < 4.78 is 4.76. The van der Waals surface area contributed by atoms with Gasteiger partial charge in [0.15, 0.2) is 0 Å². The highest BCUT2D eigenvalue weighted by Gasteiger charge is 2.44. The van der Waals surface area contributed by atoms with Crippen molar-refractivity contribution >= 4 is 29.7 Å². The van der Waals surface area contributed by atoms with Crippen molar-refractivity contribution in [1.29, 1.82) is 0 Å². The number of nitrogens with zero attached hydrogens (tertiary/aromatic N) is 1. The van der Waals surface area contributed by atoms with Crippen LogP contribution in [0.4, 0.5) is 4.79 Å². The van der Waals surface area contributed by atoms with Gasteiger partial charge in [-0.1, -0.05) is 27.2 Å². The molecular formula is C26H48N4O4S. The van der Waals surface area contributed by atoms with Gasteiger partial charge in [0.05, 0.1) is 6.61 Å². The molecule has 0 bridgehead atoms. The van der Waals surface area contributed by atoms with Crippen LogP contribution in [0.3, 0.4) is 0 Å². The summed E-state index contributed by atoms with van der Waals surface area (Å²) in [5.41, 5.74) is 6.00. The second-order valence-electron chi connectivity index (χ2n) is 11.1. The van der Waals surface area contributed by atoms with Crippen LogP contribution in [0.2, 0.25) is 0 Å². The molecule has 2 atom stereocenters. The molecule has 202 valence electrons. The minimum atomic E-state index is -0.784. The number of amides is 3. The highest BCUT2D eigenvalue weighted by molar-refractivity contribution is 8.00. The molecule has 1 saturated carbocycles. The summed E-state index contributed by atoms with van der Waals surface area (Å²) in [5.74, 6) is 1.45. The van der Waals surface area contributed by atoms with Gasteiger partial charge in [-0.05, 0) is 76.4 Å². The van der Waals surface area contributed by atoms with Crippen LogP contribution in [0.15, 0.2) is 0 Å². The average molecular weight is 513 g/mol. The summed E-state index contributed by atoms with van der Waals surface area (Å²) in [6, 6.07) is -1.01. The minimum Gasteiger partial charge on any atom is -0.450 e. The molecule has 1 saturated heterocycles. The van der Waals surface area contributed by atoms with Gasteiger partial charge >= 0.3 is 6.09 Å². The second-order valence-corrected chi connectivity index (χ2v) is 12.8. The first-order valence-electron chi connectivity index (χ1n) is 13.5. The Bertz CT molecular complexity index is 695. The van der Waals surface area contributed by atoms with Crippen LogP contribution in [0, 0.1) is 11.8 Å². The third-order valence-corrected chi connectivity index (χ3v) is 8.83. The van der Waals surface area contributed by atoms with Crippen LogP contribution in [-0.2, 0) is 14.3 Å². The van der Waals surface area contributed by atoms with Gasteiger partial charge in [0.25, 0.3) is 0 Å². The topological polar surface area (TPSA) is 114 Å². The Morgan fingerprint density at radius 2 is 1.83 bits per heavy atom. The fourth-order valence-corrected chi connectivity index (χ4v) is 5.78. The van der Waals surface area contributed by atoms with E-state index in [4.69, 9.17) is 10.5 Å². The van der Waals surface area contributed by atoms with Crippen molar-refractivity contribution in [2.24, 2.45) is 17.6 Å². The molecular weight excluding hydrogens is 464 g/mol. The van der Waals surface area contributed by atoms with E-state index in [9.17, 15) is 14.4 Å². The lowest BCUT2D eigenvalue weighted by Gasteiger charge is -2.37. The highest BCUT2D eigenvalue weighted by Crippen LogP contribution is 2.33. The molecule has 8 nitrogen and oxygen atoms in total. The van der Waals surface area contributed by atoms with Gasteiger partial charge in [0, 0.05) is 23.9 Å². The molecule has 9 heteroatoms. The maximum absolute atomic E-state index is 13.8. The molecule has 0 unspecified atom stereocenters. The number of nitrogens with two attached hydrogens (primary N) is 1. The SMILES string of the molecule is CCCCOC(=O)N[C@@H](C(=O)N1CCC[C@H]1C(=O)NC[C@H]1CC[C@H](N)CC1)C(C)(C)SCC(C)C. The summed E-state index contributed by atoms with van der Waals surface area (Å²) in [6.07, 6.45) is 6.59. The fraction of sp³-hybridized carbons (Fsp3) is 0.885. The van der Waals surface area contributed by atoms with E-state index in [1.807, 2.05) is 20.8 Å². The van der Waals surface area contributed by atoms with Crippen LogP contribution in [0.5, 0.6) is 0 Å². The molecule has 2 fully saturated rings. The van der Waals surface area contributed by atoms with Crippen molar-refractivity contribution in [2.75, 3.05) is 25.4 Å². The van der Waals surface area contributed by atoms with Crippen molar-refractivity contribution < 1.29 is 19.1 Å². The molecule has 1 aliphatic heterocycles. The number of thioether (sulfide) groups is 1. The Hall–Kier alpha value is -1.48. The standard InChI is InChI=1S/C26H48N4O4S/c1-6-7-15-34-25(33)29-22(26(4,5)35-17-18(2)3)24(32)30-14-8-9-21(30)23(31)28-16-19-10-12-20(27)13-11-19/h18-22H,6-17,27H2,1-5H3,(H,28,31)(H,29,33)/t19-,20-,21-,22-/m0/s1. The number of unbranched alkanes of at least 4 members (excludes halogenated alkanes) is 1. The molecule has 4 N–H and O–H groups in total. The number of likely N-dealkylation sites (tertiary alicyclic amines) is 1. The van der Waals surface area contributed by atoms with E-state index >= 15 is 0 Å². The molecule has 2 rings (SSSR count). The normalized spacial score (nSPS) is 23.7. The molecule has 0 aromatic rings. The van der Waals surface area contributed by atoms with Crippen LogP contribution in [0.1, 0.15) is 86.0 Å². The van der Waals surface area contributed by atoms with Crippen LogP contribution in [0.25, 0.3) is 0 Å². The van der Waals surface area contributed by atoms with E-state index in [0.717, 1.165) is 50.7 Å². The third kappa shape index (κ3) is 9.48. The van der Waals surface area contributed by atoms with Gasteiger partial charge in [-0.2, -0.15) is 11.8 Å². The first-order chi connectivity index (χ1) is 16.5. The smallest absolute Gasteiger partial charge is 0.407 e. The number of alkyl carbamates (subject to hydrolysis) is 1. The summed E-state index contributed by atoms with van der Waals surface area (Å²) in [6.45, 7) is 11.7. The van der Waals surface area contributed by atoms with E-state index in [0.29, 0.717) is 38.0 Å². The van der Waals surface area contributed by atoms with E-state index in [-0.39, 0.29) is 17.9 Å². The van der Waals surface area contributed by atoms with Gasteiger partial charge in [0.2, 0.25) is 11.8 Å². The summed E-state index contributed by atoms with van der Waals surface area (Å²) in [5, 5.41) is 5.94. The molecule has 1 aliphatic carbocycles. The van der Waals surface area contributed by atoms with E-state index < -0.39 is 22.9 Å². The number of hydrogen-bond donors (Lipinski definition) is 3. The monoisotopic (exact) mass is 512 g/mol. The van der Waals surface area contributed by atoms with Gasteiger partial charge in [-0.25, -0.2) is 4.79 Å². The maximum Gasteiger partial charge on any atom is 0.407 e. The van der Waals surface area contributed by atoms with Crippen LogP contribution < -0.4 is 16.4 Å². The van der Waals surface area contributed by atoms with Crippen LogP contribution >= 0.6 is 11.8 Å². The summed E-state index contributed by atoms with van der Waals surface area (Å²) >= 11 is 1.66. The molecule has 2 aliphatic rings. The molecule has 0 spiro atoms. The predicted molar refractivity (Wildman–Crippen MR) is 142 cm³/mol. The maximum atomic E-state index is 13.8. The second kappa shape index (κ2) is 14.3. The van der Waals surface area contributed by atoms with E-state index in [1.165, 1.54) is 0 Å². The number of nitrogens with one attached hydrogen (secondary N) is 2. The zero-order valence-corrected chi connectivity index (χ0v) is 23.3. The molecule has 0 aromatic heterocycles. The Morgan fingerprint density at radius 1 is 1.14 bits per heavy atom. The van der Waals surface area contributed by atoms with Crippen molar-refractivity contribution in [3.63, 3.8) is 0 Å². The van der Waals surface area contributed by atoms with E-state index in [2.05, 4.69) is 24.5 Å². The molecule has 3 amide bonds. The summed E-state index contributed by atoms with van der Waals surface area (Å²) in [4.78, 5) is 41.1. The molecule has 35 heavy (non-hydrogen) atoms. The highest BCUT2D eigenvalue weighted by atomic mass is 32.2. The number of ether oxygens (including phenoxy) is 1. The zero-order valence-electron chi connectivity index (χ0n) is 22.4. The Labute approximate surface area is 216 Å².